The molecule has 7 nitrogen and oxygen atoms in total. The monoisotopic (exact) mass is 328 g/mol. The van der Waals surface area contributed by atoms with Gasteiger partial charge in [-0.2, -0.15) is 4.98 Å². The summed E-state index contributed by atoms with van der Waals surface area (Å²) < 4.78 is 27.9. The first kappa shape index (κ1) is 15.9. The van der Waals surface area contributed by atoms with Crippen molar-refractivity contribution < 1.29 is 12.9 Å². The summed E-state index contributed by atoms with van der Waals surface area (Å²) in [5.74, 6) is 2.30. The standard InChI is InChI=1S/C14H24N4O3S/c1-11(14-15-13(16-21-14)12-3-4-12)18-7-5-17(6-8-18)9-10-22(2,19)20/h11-12H,3-10H2,1-2H3. The lowest BCUT2D eigenvalue weighted by Gasteiger charge is -2.36. The molecule has 1 saturated heterocycles. The summed E-state index contributed by atoms with van der Waals surface area (Å²) >= 11 is 0. The van der Waals surface area contributed by atoms with Crippen molar-refractivity contribution in [1.82, 2.24) is 19.9 Å². The molecule has 0 bridgehead atoms. The zero-order chi connectivity index (χ0) is 15.7. The molecular formula is C14H24N4O3S. The molecule has 0 amide bonds. The molecule has 0 spiro atoms. The predicted octanol–water partition coefficient (Wildman–Crippen LogP) is 0.670. The van der Waals surface area contributed by atoms with Gasteiger partial charge in [-0.25, -0.2) is 8.42 Å². The van der Waals surface area contributed by atoms with Gasteiger partial charge in [0, 0.05) is 44.9 Å². The third kappa shape index (κ3) is 4.05. The van der Waals surface area contributed by atoms with Gasteiger partial charge in [0.15, 0.2) is 5.82 Å². The number of rotatable bonds is 6. The van der Waals surface area contributed by atoms with E-state index in [2.05, 4.69) is 26.9 Å². The molecule has 2 aliphatic rings. The van der Waals surface area contributed by atoms with Crippen molar-refractivity contribution in [3.63, 3.8) is 0 Å². The Kier molecular flexibility index (Phi) is 4.52. The van der Waals surface area contributed by atoms with E-state index in [1.54, 1.807) is 0 Å². The van der Waals surface area contributed by atoms with Crippen molar-refractivity contribution in [2.75, 3.05) is 44.7 Å². The van der Waals surface area contributed by atoms with Crippen molar-refractivity contribution in [3.8, 4) is 0 Å². The lowest BCUT2D eigenvalue weighted by atomic mass is 10.2. The van der Waals surface area contributed by atoms with Crippen LogP contribution in [0.15, 0.2) is 4.52 Å². The van der Waals surface area contributed by atoms with Gasteiger partial charge in [0.25, 0.3) is 0 Å². The van der Waals surface area contributed by atoms with Crippen molar-refractivity contribution in [3.05, 3.63) is 11.7 Å². The minimum Gasteiger partial charge on any atom is -0.338 e. The Morgan fingerprint density at radius 3 is 2.55 bits per heavy atom. The normalized spacial score (nSPS) is 22.8. The molecule has 0 N–H and O–H groups in total. The van der Waals surface area contributed by atoms with E-state index in [1.165, 1.54) is 19.1 Å². The highest BCUT2D eigenvalue weighted by atomic mass is 32.2. The highest BCUT2D eigenvalue weighted by Crippen LogP contribution is 2.38. The smallest absolute Gasteiger partial charge is 0.243 e. The predicted molar refractivity (Wildman–Crippen MR) is 82.4 cm³/mol. The van der Waals surface area contributed by atoms with E-state index >= 15 is 0 Å². The summed E-state index contributed by atoms with van der Waals surface area (Å²) in [6, 6.07) is 0.122. The average molecular weight is 328 g/mol. The van der Waals surface area contributed by atoms with Crippen LogP contribution in [-0.2, 0) is 9.84 Å². The fourth-order valence-corrected chi connectivity index (χ4v) is 3.34. The molecule has 1 aliphatic heterocycles. The number of piperazine rings is 1. The van der Waals surface area contributed by atoms with Crippen LogP contribution in [0.2, 0.25) is 0 Å². The van der Waals surface area contributed by atoms with E-state index in [4.69, 9.17) is 4.52 Å². The van der Waals surface area contributed by atoms with Gasteiger partial charge in [0.1, 0.15) is 9.84 Å². The second-order valence-electron chi connectivity index (χ2n) is 6.45. The number of aromatic nitrogens is 2. The second kappa shape index (κ2) is 6.25. The Bertz CT molecular complexity index is 603. The van der Waals surface area contributed by atoms with Crippen LogP contribution in [0.3, 0.4) is 0 Å². The first-order chi connectivity index (χ1) is 10.4. The molecular weight excluding hydrogens is 304 g/mol. The molecule has 2 fully saturated rings. The van der Waals surface area contributed by atoms with Gasteiger partial charge < -0.3 is 4.52 Å². The maximum atomic E-state index is 11.2. The van der Waals surface area contributed by atoms with Crippen LogP contribution in [0.1, 0.15) is 43.4 Å². The third-order valence-electron chi connectivity index (χ3n) is 4.49. The Morgan fingerprint density at radius 2 is 1.95 bits per heavy atom. The van der Waals surface area contributed by atoms with Crippen molar-refractivity contribution in [1.29, 1.82) is 0 Å². The van der Waals surface area contributed by atoms with E-state index in [1.807, 2.05) is 0 Å². The summed E-state index contributed by atoms with van der Waals surface area (Å²) in [7, 11) is -2.88. The van der Waals surface area contributed by atoms with Gasteiger partial charge in [-0.1, -0.05) is 5.16 Å². The molecule has 8 heteroatoms. The van der Waals surface area contributed by atoms with Crippen LogP contribution >= 0.6 is 0 Å². The van der Waals surface area contributed by atoms with E-state index in [0.717, 1.165) is 32.0 Å². The van der Waals surface area contributed by atoms with Crippen LogP contribution in [0, 0.1) is 0 Å². The summed E-state index contributed by atoms with van der Waals surface area (Å²) in [5, 5.41) is 4.08. The lowest BCUT2D eigenvalue weighted by molar-refractivity contribution is 0.0917. The molecule has 2 heterocycles. The topological polar surface area (TPSA) is 79.5 Å². The molecule has 1 aromatic rings. The molecule has 22 heavy (non-hydrogen) atoms. The maximum absolute atomic E-state index is 11.2. The molecule has 1 saturated carbocycles. The van der Waals surface area contributed by atoms with Gasteiger partial charge in [-0.05, 0) is 19.8 Å². The number of sulfone groups is 1. The first-order valence-electron chi connectivity index (χ1n) is 7.90. The van der Waals surface area contributed by atoms with E-state index < -0.39 is 9.84 Å². The Hall–Kier alpha value is -0.990. The van der Waals surface area contributed by atoms with E-state index in [0.29, 0.717) is 18.4 Å². The molecule has 3 rings (SSSR count). The molecule has 1 unspecified atom stereocenters. The zero-order valence-electron chi connectivity index (χ0n) is 13.2. The zero-order valence-corrected chi connectivity index (χ0v) is 14.0. The Balaban J connectivity index is 1.49. The quantitative estimate of drug-likeness (QED) is 0.759. The van der Waals surface area contributed by atoms with Crippen LogP contribution in [0.4, 0.5) is 0 Å². The molecule has 0 aromatic carbocycles. The summed E-state index contributed by atoms with van der Waals surface area (Å²) in [6.45, 7) is 6.26. The maximum Gasteiger partial charge on any atom is 0.243 e. The highest BCUT2D eigenvalue weighted by molar-refractivity contribution is 7.90. The minimum absolute atomic E-state index is 0.122. The summed E-state index contributed by atoms with van der Waals surface area (Å²) in [6.07, 6.45) is 3.64. The SMILES string of the molecule is CC(c1nc(C2CC2)no1)N1CCN(CCS(C)(=O)=O)CC1. The first-order valence-corrected chi connectivity index (χ1v) is 9.96. The largest absolute Gasteiger partial charge is 0.338 e. The Morgan fingerprint density at radius 1 is 1.27 bits per heavy atom. The fraction of sp³-hybridized carbons (Fsp3) is 0.857. The average Bonchev–Trinajstić information content (AvgIpc) is 3.22. The minimum atomic E-state index is -2.88. The van der Waals surface area contributed by atoms with Crippen LogP contribution < -0.4 is 0 Å². The van der Waals surface area contributed by atoms with Crippen molar-refractivity contribution in [2.24, 2.45) is 0 Å². The second-order valence-corrected chi connectivity index (χ2v) is 8.71. The molecule has 1 atom stereocenters. The molecule has 124 valence electrons. The highest BCUT2D eigenvalue weighted by Gasteiger charge is 2.31. The molecule has 0 radical (unpaired) electrons. The lowest BCUT2D eigenvalue weighted by Crippen LogP contribution is -2.48. The van der Waals surface area contributed by atoms with E-state index in [-0.39, 0.29) is 11.8 Å². The van der Waals surface area contributed by atoms with Crippen LogP contribution in [-0.4, -0.2) is 73.1 Å². The van der Waals surface area contributed by atoms with Gasteiger partial charge in [0.05, 0.1) is 11.8 Å². The number of hydrogen-bond donors (Lipinski definition) is 0. The van der Waals surface area contributed by atoms with Gasteiger partial charge in [0.2, 0.25) is 5.89 Å². The van der Waals surface area contributed by atoms with Gasteiger partial charge >= 0.3 is 0 Å². The fourth-order valence-electron chi connectivity index (χ4n) is 2.75. The number of hydrogen-bond acceptors (Lipinski definition) is 7. The molecule has 1 aliphatic carbocycles. The summed E-state index contributed by atoms with van der Waals surface area (Å²) in [4.78, 5) is 9.05. The Labute approximate surface area is 131 Å². The number of nitrogens with zero attached hydrogens (tertiary/aromatic N) is 4. The van der Waals surface area contributed by atoms with Crippen molar-refractivity contribution in [2.45, 2.75) is 31.7 Å². The van der Waals surface area contributed by atoms with E-state index in [9.17, 15) is 8.42 Å². The van der Waals surface area contributed by atoms with Gasteiger partial charge in [-0.3, -0.25) is 9.80 Å². The third-order valence-corrected chi connectivity index (χ3v) is 5.41. The molecule has 1 aromatic heterocycles. The van der Waals surface area contributed by atoms with Crippen LogP contribution in [0.5, 0.6) is 0 Å². The summed E-state index contributed by atoms with van der Waals surface area (Å²) in [5.41, 5.74) is 0. The van der Waals surface area contributed by atoms with Crippen LogP contribution in [0.25, 0.3) is 0 Å². The van der Waals surface area contributed by atoms with Crippen molar-refractivity contribution >= 4 is 9.84 Å². The van der Waals surface area contributed by atoms with Gasteiger partial charge in [-0.15, -0.1) is 0 Å².